The van der Waals surface area contributed by atoms with Crippen molar-refractivity contribution in [3.8, 4) is 11.5 Å². The van der Waals surface area contributed by atoms with Crippen molar-refractivity contribution in [2.24, 2.45) is 0 Å². The highest BCUT2D eigenvalue weighted by Gasteiger charge is 2.20. The predicted molar refractivity (Wildman–Crippen MR) is 101 cm³/mol. The molecule has 1 atom stereocenters. The molecular weight excluding hydrogens is 348 g/mol. The van der Waals surface area contributed by atoms with Crippen molar-refractivity contribution < 1.29 is 23.7 Å². The molecule has 0 spiro atoms. The summed E-state index contributed by atoms with van der Waals surface area (Å²) in [6.07, 6.45) is 2.93. The van der Waals surface area contributed by atoms with E-state index < -0.39 is 6.29 Å². The molecule has 0 aliphatic rings. The number of methoxy groups -OCH3 is 2. The first-order chi connectivity index (χ1) is 13.1. The van der Waals surface area contributed by atoms with Crippen LogP contribution in [0.1, 0.15) is 29.8 Å². The summed E-state index contributed by atoms with van der Waals surface area (Å²) >= 11 is 0. The molecule has 0 fully saturated rings. The molecule has 1 unspecified atom stereocenters. The van der Waals surface area contributed by atoms with Gasteiger partial charge < -0.3 is 24.3 Å². The second-order valence-corrected chi connectivity index (χ2v) is 5.85. The topological polar surface area (TPSA) is 78.9 Å². The molecule has 1 aromatic heterocycles. The highest BCUT2D eigenvalue weighted by atomic mass is 16.7. The van der Waals surface area contributed by atoms with E-state index in [0.29, 0.717) is 30.3 Å². The fourth-order valence-electron chi connectivity index (χ4n) is 2.54. The number of carbonyl (C=O) groups excluding carboxylic acids is 1. The Labute approximate surface area is 159 Å². The van der Waals surface area contributed by atoms with Gasteiger partial charge in [0.05, 0.1) is 12.6 Å². The Morgan fingerprint density at radius 3 is 2.56 bits per heavy atom. The molecule has 1 aromatic carbocycles. The van der Waals surface area contributed by atoms with Crippen LogP contribution in [0.3, 0.4) is 0 Å². The molecule has 0 bridgehead atoms. The Morgan fingerprint density at radius 1 is 1.15 bits per heavy atom. The van der Waals surface area contributed by atoms with Gasteiger partial charge in [-0.3, -0.25) is 9.78 Å². The summed E-state index contributed by atoms with van der Waals surface area (Å²) in [5.74, 6) is 0.829. The molecule has 1 N–H and O–H groups in total. The van der Waals surface area contributed by atoms with Crippen LogP contribution in [0.25, 0.3) is 0 Å². The molecular formula is C20H26N2O5. The molecule has 0 radical (unpaired) electrons. The van der Waals surface area contributed by atoms with Gasteiger partial charge in [0.1, 0.15) is 6.61 Å². The summed E-state index contributed by atoms with van der Waals surface area (Å²) in [7, 11) is 3.05. The number of nitrogens with one attached hydrogen (secondary N) is 1. The molecule has 7 nitrogen and oxygen atoms in total. The quantitative estimate of drug-likeness (QED) is 0.644. The molecule has 2 rings (SSSR count). The highest BCUT2D eigenvalue weighted by molar-refractivity contribution is 5.95. The molecule has 0 aliphatic heterocycles. The van der Waals surface area contributed by atoms with Crippen molar-refractivity contribution in [2.45, 2.75) is 32.8 Å². The van der Waals surface area contributed by atoms with Gasteiger partial charge in [0.2, 0.25) is 0 Å². The van der Waals surface area contributed by atoms with E-state index in [0.717, 1.165) is 5.56 Å². The van der Waals surface area contributed by atoms with E-state index in [1.54, 1.807) is 30.6 Å². The van der Waals surface area contributed by atoms with Gasteiger partial charge in [0, 0.05) is 37.7 Å². The number of benzene rings is 1. The lowest BCUT2D eigenvalue weighted by molar-refractivity contribution is -0.117. The summed E-state index contributed by atoms with van der Waals surface area (Å²) in [5, 5.41) is 2.85. The van der Waals surface area contributed by atoms with Crippen molar-refractivity contribution in [2.75, 3.05) is 20.8 Å². The van der Waals surface area contributed by atoms with Gasteiger partial charge in [-0.25, -0.2) is 0 Å². The number of aromatic nitrogens is 1. The van der Waals surface area contributed by atoms with Gasteiger partial charge in [-0.15, -0.1) is 0 Å². The first-order valence-electron chi connectivity index (χ1n) is 8.74. The largest absolute Gasteiger partial charge is 0.490 e. The van der Waals surface area contributed by atoms with Gasteiger partial charge in [-0.1, -0.05) is 6.07 Å². The smallest absolute Gasteiger partial charge is 0.251 e. The van der Waals surface area contributed by atoms with Gasteiger partial charge >= 0.3 is 0 Å². The minimum Gasteiger partial charge on any atom is -0.490 e. The summed E-state index contributed by atoms with van der Waals surface area (Å²) in [6, 6.07) is 8.55. The Hall–Kier alpha value is -2.64. The van der Waals surface area contributed by atoms with Gasteiger partial charge in [-0.05, 0) is 38.1 Å². The number of rotatable bonds is 10. The lowest BCUT2D eigenvalue weighted by Gasteiger charge is -2.22. The number of pyridine rings is 1. The first kappa shape index (κ1) is 20.7. The minimum absolute atomic E-state index is 0.249. The van der Waals surface area contributed by atoms with Crippen molar-refractivity contribution >= 4 is 5.91 Å². The Bertz CT molecular complexity index is 720. The van der Waals surface area contributed by atoms with Crippen molar-refractivity contribution in [1.82, 2.24) is 10.3 Å². The van der Waals surface area contributed by atoms with E-state index in [-0.39, 0.29) is 11.9 Å². The Balaban J connectivity index is 2.10. The standard InChI is InChI=1S/C20H26N2O5/c1-5-26-18-11-16(19(23)22-14(2)20(24-3)25-4)8-9-17(18)27-13-15-7-6-10-21-12-15/h6-12,14,20H,5,13H2,1-4H3,(H,22,23). The monoisotopic (exact) mass is 374 g/mol. The van der Waals surface area contributed by atoms with Crippen LogP contribution >= 0.6 is 0 Å². The number of nitrogens with zero attached hydrogens (tertiary/aromatic N) is 1. The normalized spacial score (nSPS) is 11.9. The van der Waals surface area contributed by atoms with Crippen LogP contribution in [0.4, 0.5) is 0 Å². The molecule has 1 heterocycles. The SMILES string of the molecule is CCOc1cc(C(=O)NC(C)C(OC)OC)ccc1OCc1cccnc1. The average Bonchev–Trinajstić information content (AvgIpc) is 2.69. The zero-order valence-corrected chi connectivity index (χ0v) is 16.1. The third-order valence-electron chi connectivity index (χ3n) is 3.85. The second-order valence-electron chi connectivity index (χ2n) is 5.85. The summed E-state index contributed by atoms with van der Waals surface area (Å²) < 4.78 is 21.8. The van der Waals surface area contributed by atoms with Gasteiger partial charge in [0.25, 0.3) is 5.91 Å². The molecule has 1 amide bonds. The predicted octanol–water partition coefficient (Wildman–Crippen LogP) is 2.80. The molecule has 2 aromatic rings. The summed E-state index contributed by atoms with van der Waals surface area (Å²) in [5.41, 5.74) is 1.41. The minimum atomic E-state index is -0.526. The van der Waals surface area contributed by atoms with Crippen molar-refractivity contribution in [3.05, 3.63) is 53.9 Å². The van der Waals surface area contributed by atoms with Crippen LogP contribution < -0.4 is 14.8 Å². The number of carbonyl (C=O) groups is 1. The maximum atomic E-state index is 12.5. The van der Waals surface area contributed by atoms with Crippen molar-refractivity contribution in [3.63, 3.8) is 0 Å². The van der Waals surface area contributed by atoms with Crippen LogP contribution in [-0.2, 0) is 16.1 Å². The zero-order valence-electron chi connectivity index (χ0n) is 16.1. The molecule has 0 aliphatic carbocycles. The third-order valence-corrected chi connectivity index (χ3v) is 3.85. The van der Waals surface area contributed by atoms with E-state index in [2.05, 4.69) is 10.3 Å². The molecule has 0 saturated carbocycles. The lowest BCUT2D eigenvalue weighted by atomic mass is 10.1. The Kier molecular flexibility index (Phi) is 8.03. The van der Waals surface area contributed by atoms with Crippen LogP contribution in [0, 0.1) is 0 Å². The van der Waals surface area contributed by atoms with Crippen LogP contribution in [0.15, 0.2) is 42.7 Å². The Morgan fingerprint density at radius 2 is 1.93 bits per heavy atom. The van der Waals surface area contributed by atoms with E-state index in [4.69, 9.17) is 18.9 Å². The first-order valence-corrected chi connectivity index (χ1v) is 8.74. The molecule has 0 saturated heterocycles. The molecule has 27 heavy (non-hydrogen) atoms. The maximum Gasteiger partial charge on any atom is 0.251 e. The fraction of sp³-hybridized carbons (Fsp3) is 0.400. The fourth-order valence-corrected chi connectivity index (χ4v) is 2.54. The van der Waals surface area contributed by atoms with E-state index in [9.17, 15) is 4.79 Å². The summed E-state index contributed by atoms with van der Waals surface area (Å²) in [4.78, 5) is 16.6. The van der Waals surface area contributed by atoms with Gasteiger partial charge in [-0.2, -0.15) is 0 Å². The lowest BCUT2D eigenvalue weighted by Crippen LogP contribution is -2.42. The average molecular weight is 374 g/mol. The highest BCUT2D eigenvalue weighted by Crippen LogP contribution is 2.29. The van der Waals surface area contributed by atoms with Crippen LogP contribution in [0.2, 0.25) is 0 Å². The van der Waals surface area contributed by atoms with Crippen LogP contribution in [0.5, 0.6) is 11.5 Å². The third kappa shape index (κ3) is 5.94. The maximum absolute atomic E-state index is 12.5. The van der Waals surface area contributed by atoms with E-state index in [1.165, 1.54) is 14.2 Å². The number of amides is 1. The van der Waals surface area contributed by atoms with E-state index >= 15 is 0 Å². The summed E-state index contributed by atoms with van der Waals surface area (Å²) in [6.45, 7) is 4.51. The molecule has 7 heteroatoms. The number of hydrogen-bond acceptors (Lipinski definition) is 6. The van der Waals surface area contributed by atoms with E-state index in [1.807, 2.05) is 26.0 Å². The van der Waals surface area contributed by atoms with Crippen LogP contribution in [-0.4, -0.2) is 44.0 Å². The number of hydrogen-bond donors (Lipinski definition) is 1. The molecule has 146 valence electrons. The number of ether oxygens (including phenoxy) is 4. The van der Waals surface area contributed by atoms with Crippen molar-refractivity contribution in [1.29, 1.82) is 0 Å². The zero-order chi connectivity index (χ0) is 19.6. The van der Waals surface area contributed by atoms with Gasteiger partial charge in [0.15, 0.2) is 17.8 Å². The second kappa shape index (κ2) is 10.5.